The Morgan fingerprint density at radius 3 is 2.54 bits per heavy atom. The highest BCUT2D eigenvalue weighted by Gasteiger charge is 2.23. The van der Waals surface area contributed by atoms with E-state index in [1.807, 2.05) is 12.1 Å². The average molecular weight is 355 g/mol. The Balaban J connectivity index is 1.74. The van der Waals surface area contributed by atoms with Gasteiger partial charge in [0.1, 0.15) is 5.75 Å². The third kappa shape index (κ3) is 4.29. The van der Waals surface area contributed by atoms with Gasteiger partial charge in [0, 0.05) is 18.9 Å². The fourth-order valence-electron chi connectivity index (χ4n) is 3.31. The lowest BCUT2D eigenvalue weighted by molar-refractivity contribution is 0.0920. The molecule has 7 heteroatoms. The number of rotatable bonds is 6. The quantitative estimate of drug-likeness (QED) is 0.823. The van der Waals surface area contributed by atoms with Crippen LogP contribution >= 0.6 is 0 Å². The number of anilines is 1. The molecule has 2 heterocycles. The number of carbonyl (C=O) groups excluding carboxylic acids is 1. The van der Waals surface area contributed by atoms with Crippen LogP contribution in [0.25, 0.3) is 0 Å². The van der Waals surface area contributed by atoms with Gasteiger partial charge >= 0.3 is 0 Å². The molecule has 0 bridgehead atoms. The van der Waals surface area contributed by atoms with Crippen LogP contribution in [0.15, 0.2) is 36.7 Å². The largest absolute Gasteiger partial charge is 0.497 e. The minimum Gasteiger partial charge on any atom is -0.497 e. The number of nitrogen functional groups attached to an aromatic ring is 1. The van der Waals surface area contributed by atoms with E-state index < -0.39 is 0 Å². The molecular formula is C19H25N5O2. The van der Waals surface area contributed by atoms with Crippen molar-refractivity contribution < 1.29 is 9.53 Å². The second-order valence-electron chi connectivity index (χ2n) is 6.39. The fourth-order valence-corrected chi connectivity index (χ4v) is 3.31. The van der Waals surface area contributed by atoms with Crippen molar-refractivity contribution in [1.82, 2.24) is 20.2 Å². The summed E-state index contributed by atoms with van der Waals surface area (Å²) >= 11 is 0. The fraction of sp³-hybridized carbons (Fsp3) is 0.421. The van der Waals surface area contributed by atoms with Crippen molar-refractivity contribution >= 4 is 11.7 Å². The van der Waals surface area contributed by atoms with Crippen LogP contribution in [0.4, 0.5) is 5.82 Å². The molecule has 1 fully saturated rings. The maximum absolute atomic E-state index is 12.5. The first-order valence-corrected chi connectivity index (χ1v) is 8.91. The van der Waals surface area contributed by atoms with Crippen LogP contribution in [-0.2, 0) is 0 Å². The monoisotopic (exact) mass is 355 g/mol. The van der Waals surface area contributed by atoms with Crippen molar-refractivity contribution in [3.8, 4) is 5.75 Å². The Morgan fingerprint density at radius 1 is 1.19 bits per heavy atom. The number of nitrogens with one attached hydrogen (secondary N) is 1. The molecule has 3 N–H and O–H groups in total. The number of benzene rings is 1. The predicted octanol–water partition coefficient (Wildman–Crippen LogP) is 2.02. The summed E-state index contributed by atoms with van der Waals surface area (Å²) in [5, 5.41) is 2.97. The number of amides is 1. The second-order valence-corrected chi connectivity index (χ2v) is 6.39. The van der Waals surface area contributed by atoms with E-state index in [1.165, 1.54) is 31.7 Å². The first kappa shape index (κ1) is 18.1. The van der Waals surface area contributed by atoms with Crippen molar-refractivity contribution in [2.45, 2.75) is 25.3 Å². The molecule has 0 aliphatic carbocycles. The minimum atomic E-state index is -0.300. The maximum atomic E-state index is 12.5. The zero-order valence-electron chi connectivity index (χ0n) is 15.0. The molecule has 26 heavy (non-hydrogen) atoms. The number of piperidine rings is 1. The SMILES string of the molecule is COc1ccc([C@H](CNC(=O)c2nccnc2N)N2CCCCC2)cc1. The zero-order chi connectivity index (χ0) is 18.4. The lowest BCUT2D eigenvalue weighted by atomic mass is 10.0. The van der Waals surface area contributed by atoms with Gasteiger partial charge in [-0.2, -0.15) is 0 Å². The third-order valence-electron chi connectivity index (χ3n) is 4.73. The second kappa shape index (κ2) is 8.62. The highest BCUT2D eigenvalue weighted by atomic mass is 16.5. The molecule has 138 valence electrons. The molecular weight excluding hydrogens is 330 g/mol. The zero-order valence-corrected chi connectivity index (χ0v) is 15.0. The first-order valence-electron chi connectivity index (χ1n) is 8.91. The van der Waals surface area contributed by atoms with Crippen molar-refractivity contribution in [2.24, 2.45) is 0 Å². The number of carbonyl (C=O) groups is 1. The number of ether oxygens (including phenoxy) is 1. The summed E-state index contributed by atoms with van der Waals surface area (Å²) in [6.45, 7) is 2.54. The number of likely N-dealkylation sites (tertiary alicyclic amines) is 1. The highest BCUT2D eigenvalue weighted by Crippen LogP contribution is 2.26. The molecule has 0 spiro atoms. The molecule has 1 amide bonds. The molecule has 2 aromatic rings. The van der Waals surface area contributed by atoms with E-state index >= 15 is 0 Å². The normalized spacial score (nSPS) is 16.0. The van der Waals surface area contributed by atoms with Crippen LogP contribution in [0, 0.1) is 0 Å². The Labute approximate surface area is 153 Å². The van der Waals surface area contributed by atoms with Crippen molar-refractivity contribution in [1.29, 1.82) is 0 Å². The summed E-state index contributed by atoms with van der Waals surface area (Å²) in [5.41, 5.74) is 7.07. The van der Waals surface area contributed by atoms with Gasteiger partial charge in [-0.3, -0.25) is 9.69 Å². The van der Waals surface area contributed by atoms with Crippen molar-refractivity contribution in [3.05, 3.63) is 47.9 Å². The number of nitrogens with two attached hydrogens (primary N) is 1. The first-order chi connectivity index (χ1) is 12.7. The van der Waals surface area contributed by atoms with Crippen LogP contribution in [0.2, 0.25) is 0 Å². The molecule has 0 saturated carbocycles. The van der Waals surface area contributed by atoms with Gasteiger partial charge in [0.15, 0.2) is 11.5 Å². The molecule has 1 aromatic heterocycles. The van der Waals surface area contributed by atoms with Gasteiger partial charge in [-0.1, -0.05) is 18.6 Å². The van der Waals surface area contributed by atoms with E-state index in [1.54, 1.807) is 7.11 Å². The minimum absolute atomic E-state index is 0.100. The maximum Gasteiger partial charge on any atom is 0.273 e. The van der Waals surface area contributed by atoms with Crippen LogP contribution in [0.1, 0.15) is 41.4 Å². The molecule has 7 nitrogen and oxygen atoms in total. The summed E-state index contributed by atoms with van der Waals surface area (Å²) in [6, 6.07) is 8.12. The van der Waals surface area contributed by atoms with E-state index in [4.69, 9.17) is 10.5 Å². The Hall–Kier alpha value is -2.67. The van der Waals surface area contributed by atoms with Gasteiger partial charge in [0.05, 0.1) is 13.2 Å². The van der Waals surface area contributed by atoms with Gasteiger partial charge in [0.25, 0.3) is 5.91 Å². The number of nitrogens with zero attached hydrogens (tertiary/aromatic N) is 3. The topological polar surface area (TPSA) is 93.4 Å². The number of methoxy groups -OCH3 is 1. The molecule has 1 aliphatic rings. The molecule has 1 atom stereocenters. The molecule has 1 saturated heterocycles. The third-order valence-corrected chi connectivity index (χ3v) is 4.73. The summed E-state index contributed by atoms with van der Waals surface area (Å²) in [7, 11) is 1.66. The molecule has 3 rings (SSSR count). The molecule has 1 aromatic carbocycles. The van der Waals surface area contributed by atoms with E-state index in [-0.39, 0.29) is 23.5 Å². The van der Waals surface area contributed by atoms with E-state index in [9.17, 15) is 4.79 Å². The van der Waals surface area contributed by atoms with E-state index in [0.717, 1.165) is 24.4 Å². The van der Waals surface area contributed by atoms with Gasteiger partial charge in [-0.15, -0.1) is 0 Å². The highest BCUT2D eigenvalue weighted by molar-refractivity contribution is 5.96. The van der Waals surface area contributed by atoms with Crippen LogP contribution in [-0.4, -0.2) is 47.5 Å². The number of hydrogen-bond acceptors (Lipinski definition) is 6. The van der Waals surface area contributed by atoms with Crippen LogP contribution < -0.4 is 15.8 Å². The molecule has 0 unspecified atom stereocenters. The Bertz CT molecular complexity index is 729. The Kier molecular flexibility index (Phi) is 6.01. The van der Waals surface area contributed by atoms with Gasteiger partial charge in [0.2, 0.25) is 0 Å². The van der Waals surface area contributed by atoms with Gasteiger partial charge in [-0.25, -0.2) is 9.97 Å². The van der Waals surface area contributed by atoms with Crippen LogP contribution in [0.5, 0.6) is 5.75 Å². The molecule has 0 radical (unpaired) electrons. The average Bonchev–Trinajstić information content (AvgIpc) is 2.69. The lowest BCUT2D eigenvalue weighted by Crippen LogP contribution is -2.41. The smallest absolute Gasteiger partial charge is 0.273 e. The van der Waals surface area contributed by atoms with Crippen LogP contribution in [0.3, 0.4) is 0 Å². The standard InChI is InChI=1S/C19H25N5O2/c1-26-15-7-5-14(6-8-15)16(24-11-3-2-4-12-24)13-23-19(25)17-18(20)22-10-9-21-17/h5-10,16H,2-4,11-13H2,1H3,(H2,20,22)(H,23,25)/t16-/m0/s1. The number of aromatic nitrogens is 2. The van der Waals surface area contributed by atoms with Gasteiger partial charge < -0.3 is 15.8 Å². The van der Waals surface area contributed by atoms with E-state index in [2.05, 4.69) is 32.3 Å². The lowest BCUT2D eigenvalue weighted by Gasteiger charge is -2.35. The molecule has 1 aliphatic heterocycles. The predicted molar refractivity (Wildman–Crippen MR) is 99.9 cm³/mol. The Morgan fingerprint density at radius 2 is 1.88 bits per heavy atom. The van der Waals surface area contributed by atoms with Gasteiger partial charge in [-0.05, 0) is 43.6 Å². The van der Waals surface area contributed by atoms with Crippen molar-refractivity contribution in [2.75, 3.05) is 32.5 Å². The van der Waals surface area contributed by atoms with E-state index in [0.29, 0.717) is 6.54 Å². The number of hydrogen-bond donors (Lipinski definition) is 2. The summed E-state index contributed by atoms with van der Waals surface area (Å²) < 4.78 is 5.25. The summed E-state index contributed by atoms with van der Waals surface area (Å²) in [6.07, 6.45) is 6.56. The summed E-state index contributed by atoms with van der Waals surface area (Å²) in [4.78, 5) is 22.8. The summed E-state index contributed by atoms with van der Waals surface area (Å²) in [5.74, 6) is 0.664. The van der Waals surface area contributed by atoms with Crippen molar-refractivity contribution in [3.63, 3.8) is 0 Å².